The van der Waals surface area contributed by atoms with Crippen LogP contribution in [0.25, 0.3) is 0 Å². The van der Waals surface area contributed by atoms with E-state index in [0.717, 1.165) is 17.2 Å². The van der Waals surface area contributed by atoms with E-state index in [1.165, 1.54) is 24.8 Å². The van der Waals surface area contributed by atoms with Gasteiger partial charge in [-0.15, -0.1) is 0 Å². The summed E-state index contributed by atoms with van der Waals surface area (Å²) in [5.74, 6) is 1.56. The van der Waals surface area contributed by atoms with Gasteiger partial charge in [0.05, 0.1) is 6.04 Å². The van der Waals surface area contributed by atoms with Gasteiger partial charge in [0.25, 0.3) is 0 Å². The molecule has 0 aliphatic heterocycles. The van der Waals surface area contributed by atoms with Crippen LogP contribution < -0.4 is 10.5 Å². The Hall–Kier alpha value is -1.51. The average molecular weight is 302 g/mol. The third kappa shape index (κ3) is 3.58. The summed E-state index contributed by atoms with van der Waals surface area (Å²) >= 11 is 5.85. The lowest BCUT2D eigenvalue weighted by Gasteiger charge is -2.26. The van der Waals surface area contributed by atoms with E-state index in [4.69, 9.17) is 22.1 Å². The average Bonchev–Trinajstić information content (AvgIpc) is 2.45. The van der Waals surface area contributed by atoms with E-state index in [2.05, 4.69) is 24.3 Å². The van der Waals surface area contributed by atoms with Crippen molar-refractivity contribution in [3.8, 4) is 5.75 Å². The van der Waals surface area contributed by atoms with E-state index in [-0.39, 0.29) is 6.04 Å². The summed E-state index contributed by atoms with van der Waals surface area (Å²) in [6.07, 6.45) is 4.01. The van der Waals surface area contributed by atoms with Crippen molar-refractivity contribution in [2.24, 2.45) is 5.73 Å². The van der Waals surface area contributed by atoms with Gasteiger partial charge in [-0.3, -0.25) is 0 Å². The van der Waals surface area contributed by atoms with Crippen molar-refractivity contribution in [3.05, 3.63) is 64.7 Å². The van der Waals surface area contributed by atoms with Gasteiger partial charge in [-0.25, -0.2) is 0 Å². The second-order valence-corrected chi connectivity index (χ2v) is 6.10. The van der Waals surface area contributed by atoms with Crippen LogP contribution in [0.1, 0.15) is 42.3 Å². The Kier molecular flexibility index (Phi) is 4.47. The van der Waals surface area contributed by atoms with Crippen molar-refractivity contribution >= 4 is 11.6 Å². The molecule has 1 aliphatic carbocycles. The Morgan fingerprint density at radius 1 is 1.05 bits per heavy atom. The predicted octanol–water partition coefficient (Wildman–Crippen LogP) is 4.69. The predicted molar refractivity (Wildman–Crippen MR) is 86.9 cm³/mol. The number of hydrogen-bond acceptors (Lipinski definition) is 2. The molecule has 1 atom stereocenters. The molecule has 0 radical (unpaired) electrons. The third-order valence-electron chi connectivity index (χ3n) is 4.18. The summed E-state index contributed by atoms with van der Waals surface area (Å²) in [6, 6.07) is 15.9. The highest BCUT2D eigenvalue weighted by Gasteiger charge is 2.19. The van der Waals surface area contributed by atoms with Crippen molar-refractivity contribution < 1.29 is 4.74 Å². The maximum atomic E-state index is 6.19. The highest BCUT2D eigenvalue weighted by Crippen LogP contribution is 2.36. The Morgan fingerprint density at radius 2 is 1.71 bits per heavy atom. The van der Waals surface area contributed by atoms with Gasteiger partial charge in [0.1, 0.15) is 12.4 Å². The lowest BCUT2D eigenvalue weighted by molar-refractivity contribution is 0.290. The van der Waals surface area contributed by atoms with Crippen LogP contribution in [0.4, 0.5) is 0 Å². The monoisotopic (exact) mass is 301 g/mol. The molecule has 3 rings (SSSR count). The molecule has 0 amide bonds. The summed E-state index contributed by atoms with van der Waals surface area (Å²) < 4.78 is 5.70. The van der Waals surface area contributed by atoms with Gasteiger partial charge in [0.15, 0.2) is 0 Å². The number of benzene rings is 2. The molecule has 1 unspecified atom stereocenters. The Bertz CT molecular complexity index is 575. The zero-order valence-electron chi connectivity index (χ0n) is 12.0. The van der Waals surface area contributed by atoms with Gasteiger partial charge in [-0.2, -0.15) is 0 Å². The molecule has 3 heteroatoms. The van der Waals surface area contributed by atoms with Crippen LogP contribution in [0.5, 0.6) is 5.75 Å². The summed E-state index contributed by atoms with van der Waals surface area (Å²) in [5.41, 5.74) is 8.75. The van der Waals surface area contributed by atoms with E-state index in [1.807, 2.05) is 24.3 Å². The Labute approximate surface area is 130 Å². The SMILES string of the molecule is NC(COc1ccc(Cl)cc1)c1ccc(C2CCC2)cc1. The molecule has 0 heterocycles. The molecule has 1 aliphatic rings. The molecule has 21 heavy (non-hydrogen) atoms. The first-order valence-corrected chi connectivity index (χ1v) is 7.84. The van der Waals surface area contributed by atoms with Gasteiger partial charge < -0.3 is 10.5 Å². The Balaban J connectivity index is 1.56. The van der Waals surface area contributed by atoms with Crippen molar-refractivity contribution in [3.63, 3.8) is 0 Å². The second-order valence-electron chi connectivity index (χ2n) is 5.67. The largest absolute Gasteiger partial charge is 0.492 e. The summed E-state index contributed by atoms with van der Waals surface area (Å²) in [6.45, 7) is 0.463. The highest BCUT2D eigenvalue weighted by molar-refractivity contribution is 6.30. The molecule has 0 aromatic heterocycles. The maximum Gasteiger partial charge on any atom is 0.119 e. The molecule has 2 nitrogen and oxygen atoms in total. The number of halogens is 1. The number of hydrogen-bond donors (Lipinski definition) is 1. The van der Waals surface area contributed by atoms with Crippen LogP contribution in [0, 0.1) is 0 Å². The summed E-state index contributed by atoms with van der Waals surface area (Å²) in [5, 5.41) is 0.707. The standard InChI is InChI=1S/C18H20ClNO/c19-16-8-10-17(11-9-16)21-12-18(20)15-6-4-14(5-7-15)13-2-1-3-13/h4-11,13,18H,1-3,12,20H2. The minimum atomic E-state index is -0.115. The van der Waals surface area contributed by atoms with Gasteiger partial charge >= 0.3 is 0 Å². The summed E-state index contributed by atoms with van der Waals surface area (Å²) in [7, 11) is 0. The van der Waals surface area contributed by atoms with E-state index in [0.29, 0.717) is 11.6 Å². The van der Waals surface area contributed by atoms with Crippen molar-refractivity contribution in [1.29, 1.82) is 0 Å². The smallest absolute Gasteiger partial charge is 0.119 e. The fraction of sp³-hybridized carbons (Fsp3) is 0.333. The minimum absolute atomic E-state index is 0.115. The van der Waals surface area contributed by atoms with Crippen LogP contribution in [0.2, 0.25) is 5.02 Å². The highest BCUT2D eigenvalue weighted by atomic mass is 35.5. The molecular formula is C18H20ClNO. The minimum Gasteiger partial charge on any atom is -0.492 e. The van der Waals surface area contributed by atoms with Crippen molar-refractivity contribution in [1.82, 2.24) is 0 Å². The summed E-state index contributed by atoms with van der Waals surface area (Å²) in [4.78, 5) is 0. The number of nitrogens with two attached hydrogens (primary N) is 1. The first kappa shape index (κ1) is 14.4. The lowest BCUT2D eigenvalue weighted by Crippen LogP contribution is -2.19. The topological polar surface area (TPSA) is 35.2 Å². The third-order valence-corrected chi connectivity index (χ3v) is 4.44. The van der Waals surface area contributed by atoms with Crippen LogP contribution >= 0.6 is 11.6 Å². The number of rotatable bonds is 5. The van der Waals surface area contributed by atoms with Gasteiger partial charge in [-0.1, -0.05) is 42.3 Å². The molecule has 0 saturated heterocycles. The van der Waals surface area contributed by atoms with Crippen molar-refractivity contribution in [2.45, 2.75) is 31.2 Å². The molecular weight excluding hydrogens is 282 g/mol. The maximum absolute atomic E-state index is 6.19. The molecule has 0 spiro atoms. The quantitative estimate of drug-likeness (QED) is 0.870. The first-order valence-electron chi connectivity index (χ1n) is 7.46. The zero-order valence-corrected chi connectivity index (χ0v) is 12.7. The normalized spacial score (nSPS) is 16.3. The molecule has 2 N–H and O–H groups in total. The van der Waals surface area contributed by atoms with Gasteiger partial charge in [0, 0.05) is 5.02 Å². The van der Waals surface area contributed by atoms with E-state index < -0.39 is 0 Å². The number of ether oxygens (including phenoxy) is 1. The molecule has 1 fully saturated rings. The van der Waals surface area contributed by atoms with E-state index in [1.54, 1.807) is 0 Å². The fourth-order valence-electron chi connectivity index (χ4n) is 2.57. The van der Waals surface area contributed by atoms with Crippen LogP contribution in [0.15, 0.2) is 48.5 Å². The molecule has 2 aromatic carbocycles. The van der Waals surface area contributed by atoms with Crippen LogP contribution in [0.3, 0.4) is 0 Å². The zero-order chi connectivity index (χ0) is 14.7. The van der Waals surface area contributed by atoms with Crippen LogP contribution in [-0.2, 0) is 0 Å². The fourth-order valence-corrected chi connectivity index (χ4v) is 2.70. The molecule has 110 valence electrons. The molecule has 0 bridgehead atoms. The van der Waals surface area contributed by atoms with E-state index >= 15 is 0 Å². The van der Waals surface area contributed by atoms with Gasteiger partial charge in [0.2, 0.25) is 0 Å². The van der Waals surface area contributed by atoms with E-state index in [9.17, 15) is 0 Å². The van der Waals surface area contributed by atoms with Gasteiger partial charge in [-0.05, 0) is 54.2 Å². The lowest BCUT2D eigenvalue weighted by atomic mass is 9.80. The molecule has 2 aromatic rings. The van der Waals surface area contributed by atoms with Crippen LogP contribution in [-0.4, -0.2) is 6.61 Å². The second kappa shape index (κ2) is 6.50. The van der Waals surface area contributed by atoms with Crippen molar-refractivity contribution in [2.75, 3.05) is 6.61 Å². The Morgan fingerprint density at radius 3 is 2.29 bits per heavy atom. The molecule has 1 saturated carbocycles. The first-order chi connectivity index (χ1) is 10.2.